The van der Waals surface area contributed by atoms with Gasteiger partial charge in [-0.2, -0.15) is 0 Å². The molecule has 0 aliphatic carbocycles. The lowest BCUT2D eigenvalue weighted by Gasteiger charge is -2.11. The van der Waals surface area contributed by atoms with Gasteiger partial charge in [0, 0.05) is 28.7 Å². The first kappa shape index (κ1) is 20.3. The fraction of sp³-hybridized carbons (Fsp3) is 0.115. The molecule has 0 saturated heterocycles. The average Bonchev–Trinajstić information content (AvgIpc) is 2.76. The van der Waals surface area contributed by atoms with Crippen LogP contribution in [0, 0.1) is 20.8 Å². The Balaban J connectivity index is 1.51. The Morgan fingerprint density at radius 1 is 0.839 bits per heavy atom. The molecular weight excluding hydrogens is 384 g/mol. The number of hydrogen-bond donors (Lipinski definition) is 2. The Bertz CT molecular complexity index is 1230. The second-order valence-electron chi connectivity index (χ2n) is 7.61. The van der Waals surface area contributed by atoms with Crippen LogP contribution in [0.5, 0.6) is 0 Å². The number of amides is 1. The molecule has 1 amide bonds. The first-order valence-electron chi connectivity index (χ1n) is 10.1. The summed E-state index contributed by atoms with van der Waals surface area (Å²) in [5.74, 6) is 1.16. The molecule has 0 fully saturated rings. The maximum absolute atomic E-state index is 12.8. The molecule has 154 valence electrons. The average molecular weight is 409 g/mol. The minimum absolute atomic E-state index is 0.154. The molecule has 31 heavy (non-hydrogen) atoms. The van der Waals surface area contributed by atoms with Crippen LogP contribution in [0.3, 0.4) is 0 Å². The minimum atomic E-state index is -0.154. The van der Waals surface area contributed by atoms with Crippen LogP contribution >= 0.6 is 0 Å². The number of hydrogen-bond acceptors (Lipinski definition) is 4. The van der Waals surface area contributed by atoms with Gasteiger partial charge in [0.1, 0.15) is 5.82 Å². The van der Waals surface area contributed by atoms with Gasteiger partial charge in [0.05, 0.1) is 0 Å². The summed E-state index contributed by atoms with van der Waals surface area (Å²) in [5, 5.41) is 6.26. The van der Waals surface area contributed by atoms with Crippen LogP contribution in [0.15, 0.2) is 79.0 Å². The number of nitrogens with zero attached hydrogens (tertiary/aromatic N) is 2. The summed E-state index contributed by atoms with van der Waals surface area (Å²) >= 11 is 0. The zero-order valence-corrected chi connectivity index (χ0v) is 17.8. The lowest BCUT2D eigenvalue weighted by molar-refractivity contribution is 0.102. The first-order chi connectivity index (χ1) is 15.0. The Morgan fingerprint density at radius 3 is 2.39 bits per heavy atom. The van der Waals surface area contributed by atoms with E-state index in [0.717, 1.165) is 28.1 Å². The molecule has 0 bridgehead atoms. The molecule has 0 saturated carbocycles. The molecule has 2 N–H and O–H groups in total. The normalized spacial score (nSPS) is 10.5. The number of aryl methyl sites for hydroxylation is 3. The molecule has 3 aromatic carbocycles. The highest BCUT2D eigenvalue weighted by Crippen LogP contribution is 2.21. The summed E-state index contributed by atoms with van der Waals surface area (Å²) in [6.45, 7) is 6.07. The summed E-state index contributed by atoms with van der Waals surface area (Å²) in [6.07, 6.45) is 1.72. The van der Waals surface area contributed by atoms with Crippen molar-refractivity contribution in [3.05, 3.63) is 101 Å². The SMILES string of the molecule is Cc1ccc(-c2nccc(Nc3cccc(C(=O)Nc4ccc(C)cc4C)c3)n2)cc1. The highest BCUT2D eigenvalue weighted by Gasteiger charge is 2.09. The van der Waals surface area contributed by atoms with E-state index < -0.39 is 0 Å². The molecule has 4 rings (SSSR count). The fourth-order valence-corrected chi connectivity index (χ4v) is 3.30. The third-order valence-corrected chi connectivity index (χ3v) is 4.99. The fourth-order valence-electron chi connectivity index (χ4n) is 3.30. The molecule has 0 unspecified atom stereocenters. The van der Waals surface area contributed by atoms with Crippen LogP contribution in [-0.2, 0) is 0 Å². The van der Waals surface area contributed by atoms with Crippen molar-refractivity contribution >= 4 is 23.1 Å². The van der Waals surface area contributed by atoms with Crippen molar-refractivity contribution in [1.82, 2.24) is 9.97 Å². The standard InChI is InChI=1S/C26H24N4O/c1-17-7-10-20(11-8-17)25-27-14-13-24(30-25)28-22-6-4-5-21(16-22)26(31)29-23-12-9-18(2)15-19(23)3/h4-16H,1-3H3,(H,29,31)(H,27,28,30). The Kier molecular flexibility index (Phi) is 5.76. The largest absolute Gasteiger partial charge is 0.340 e. The molecule has 1 aromatic heterocycles. The number of benzene rings is 3. The highest BCUT2D eigenvalue weighted by molar-refractivity contribution is 6.05. The molecule has 4 aromatic rings. The zero-order valence-electron chi connectivity index (χ0n) is 17.8. The summed E-state index contributed by atoms with van der Waals surface area (Å²) < 4.78 is 0. The van der Waals surface area contributed by atoms with E-state index in [1.165, 1.54) is 5.56 Å². The van der Waals surface area contributed by atoms with Crippen molar-refractivity contribution in [3.63, 3.8) is 0 Å². The van der Waals surface area contributed by atoms with Gasteiger partial charge in [0.2, 0.25) is 0 Å². The zero-order chi connectivity index (χ0) is 21.8. The number of anilines is 3. The van der Waals surface area contributed by atoms with E-state index in [4.69, 9.17) is 0 Å². The Morgan fingerprint density at radius 2 is 1.61 bits per heavy atom. The van der Waals surface area contributed by atoms with Gasteiger partial charge in [0.25, 0.3) is 5.91 Å². The Hall–Kier alpha value is -3.99. The van der Waals surface area contributed by atoms with E-state index in [-0.39, 0.29) is 5.91 Å². The summed E-state index contributed by atoms with van der Waals surface area (Å²) in [4.78, 5) is 21.7. The molecule has 0 atom stereocenters. The number of aromatic nitrogens is 2. The molecule has 0 spiro atoms. The van der Waals surface area contributed by atoms with Crippen molar-refractivity contribution in [2.75, 3.05) is 10.6 Å². The monoisotopic (exact) mass is 408 g/mol. The number of carbonyl (C=O) groups is 1. The van der Waals surface area contributed by atoms with Gasteiger partial charge in [0.15, 0.2) is 5.82 Å². The van der Waals surface area contributed by atoms with E-state index in [1.54, 1.807) is 18.3 Å². The van der Waals surface area contributed by atoms with Crippen LogP contribution in [0.1, 0.15) is 27.0 Å². The maximum atomic E-state index is 12.8. The van der Waals surface area contributed by atoms with Crippen LogP contribution in [0.2, 0.25) is 0 Å². The van der Waals surface area contributed by atoms with Gasteiger partial charge in [-0.25, -0.2) is 9.97 Å². The van der Waals surface area contributed by atoms with Gasteiger partial charge in [-0.05, 0) is 56.7 Å². The van der Waals surface area contributed by atoms with Crippen molar-refractivity contribution in [1.29, 1.82) is 0 Å². The predicted octanol–water partition coefficient (Wildman–Crippen LogP) is 6.06. The molecule has 0 radical (unpaired) electrons. The van der Waals surface area contributed by atoms with Crippen molar-refractivity contribution in [3.8, 4) is 11.4 Å². The smallest absolute Gasteiger partial charge is 0.255 e. The van der Waals surface area contributed by atoms with Gasteiger partial charge in [-0.1, -0.05) is 53.6 Å². The lowest BCUT2D eigenvalue weighted by atomic mass is 10.1. The van der Waals surface area contributed by atoms with Crippen molar-refractivity contribution < 1.29 is 4.79 Å². The number of rotatable bonds is 5. The Labute approximate surface area is 182 Å². The second-order valence-corrected chi connectivity index (χ2v) is 7.61. The van der Waals surface area contributed by atoms with Crippen molar-refractivity contribution in [2.24, 2.45) is 0 Å². The molecule has 5 heteroatoms. The maximum Gasteiger partial charge on any atom is 0.255 e. The van der Waals surface area contributed by atoms with Gasteiger partial charge in [-0.15, -0.1) is 0 Å². The number of carbonyl (C=O) groups excluding carboxylic acids is 1. The lowest BCUT2D eigenvalue weighted by Crippen LogP contribution is -2.13. The van der Waals surface area contributed by atoms with E-state index in [0.29, 0.717) is 17.2 Å². The predicted molar refractivity (Wildman–Crippen MR) is 126 cm³/mol. The molecule has 1 heterocycles. The van der Waals surface area contributed by atoms with E-state index in [1.807, 2.05) is 81.4 Å². The quantitative estimate of drug-likeness (QED) is 0.421. The topological polar surface area (TPSA) is 66.9 Å². The highest BCUT2D eigenvalue weighted by atomic mass is 16.1. The van der Waals surface area contributed by atoms with Crippen LogP contribution < -0.4 is 10.6 Å². The first-order valence-corrected chi connectivity index (χ1v) is 10.1. The van der Waals surface area contributed by atoms with E-state index in [9.17, 15) is 4.79 Å². The third-order valence-electron chi connectivity index (χ3n) is 4.99. The van der Waals surface area contributed by atoms with E-state index >= 15 is 0 Å². The molecular formula is C26H24N4O. The van der Waals surface area contributed by atoms with Crippen molar-refractivity contribution in [2.45, 2.75) is 20.8 Å². The van der Waals surface area contributed by atoms with Crippen LogP contribution in [0.25, 0.3) is 11.4 Å². The summed E-state index contributed by atoms with van der Waals surface area (Å²) in [5.41, 5.74) is 6.50. The second kappa shape index (κ2) is 8.79. The van der Waals surface area contributed by atoms with Crippen LogP contribution in [0.4, 0.5) is 17.2 Å². The summed E-state index contributed by atoms with van der Waals surface area (Å²) in [7, 11) is 0. The molecule has 5 nitrogen and oxygen atoms in total. The van der Waals surface area contributed by atoms with Crippen LogP contribution in [-0.4, -0.2) is 15.9 Å². The molecule has 0 aliphatic heterocycles. The number of nitrogens with one attached hydrogen (secondary N) is 2. The van der Waals surface area contributed by atoms with Gasteiger partial charge < -0.3 is 10.6 Å². The minimum Gasteiger partial charge on any atom is -0.340 e. The van der Waals surface area contributed by atoms with Gasteiger partial charge in [-0.3, -0.25) is 4.79 Å². The molecule has 0 aliphatic rings. The van der Waals surface area contributed by atoms with Gasteiger partial charge >= 0.3 is 0 Å². The van der Waals surface area contributed by atoms with E-state index in [2.05, 4.69) is 20.6 Å². The third kappa shape index (κ3) is 4.95. The summed E-state index contributed by atoms with van der Waals surface area (Å²) in [6, 6.07) is 23.2.